The minimum Gasteiger partial charge on any atom is -0.396 e. The summed E-state index contributed by atoms with van der Waals surface area (Å²) in [5, 5.41) is 12.1. The van der Waals surface area contributed by atoms with Gasteiger partial charge in [-0.1, -0.05) is 41.9 Å². The molecule has 112 valence electrons. The van der Waals surface area contributed by atoms with Crippen LogP contribution in [0.5, 0.6) is 0 Å². The number of hydrogen-bond acceptors (Lipinski definition) is 2. The van der Waals surface area contributed by atoms with Crippen LogP contribution in [0.15, 0.2) is 28.7 Å². The van der Waals surface area contributed by atoms with E-state index in [1.165, 1.54) is 0 Å². The van der Waals surface area contributed by atoms with Crippen LogP contribution in [-0.4, -0.2) is 24.2 Å². The van der Waals surface area contributed by atoms with Crippen molar-refractivity contribution < 1.29 is 9.90 Å². The normalized spacial score (nSPS) is 11.4. The zero-order chi connectivity index (χ0) is 15.0. The second-order valence-electron chi connectivity index (χ2n) is 5.91. The molecule has 0 aliphatic heterocycles. The first-order valence-electron chi connectivity index (χ1n) is 7.05. The lowest BCUT2D eigenvalue weighted by atomic mass is 9.89. The number of halogens is 1. The van der Waals surface area contributed by atoms with Crippen LogP contribution in [0.3, 0.4) is 0 Å². The predicted octanol–water partition coefficient (Wildman–Crippen LogP) is 3.30. The van der Waals surface area contributed by atoms with E-state index in [4.69, 9.17) is 5.11 Å². The van der Waals surface area contributed by atoms with Crippen molar-refractivity contribution in [1.82, 2.24) is 5.32 Å². The number of carbonyl (C=O) groups is 1. The van der Waals surface area contributed by atoms with E-state index in [9.17, 15) is 4.79 Å². The maximum Gasteiger partial charge on any atom is 0.220 e. The second-order valence-corrected chi connectivity index (χ2v) is 6.82. The Bertz CT molecular complexity index is 432. The highest BCUT2D eigenvalue weighted by molar-refractivity contribution is 9.10. The van der Waals surface area contributed by atoms with Gasteiger partial charge >= 0.3 is 0 Å². The smallest absolute Gasteiger partial charge is 0.220 e. The van der Waals surface area contributed by atoms with E-state index < -0.39 is 0 Å². The molecular weight excluding hydrogens is 318 g/mol. The van der Waals surface area contributed by atoms with Crippen LogP contribution in [0.4, 0.5) is 0 Å². The maximum absolute atomic E-state index is 11.7. The van der Waals surface area contributed by atoms with Gasteiger partial charge in [-0.2, -0.15) is 0 Å². The first kappa shape index (κ1) is 17.2. The average molecular weight is 342 g/mol. The number of amides is 1. The van der Waals surface area contributed by atoms with Crippen molar-refractivity contribution in [3.05, 3.63) is 34.3 Å². The Labute approximate surface area is 129 Å². The average Bonchev–Trinajstić information content (AvgIpc) is 2.41. The zero-order valence-corrected chi connectivity index (χ0v) is 13.9. The van der Waals surface area contributed by atoms with Gasteiger partial charge in [0.1, 0.15) is 0 Å². The fraction of sp³-hybridized carbons (Fsp3) is 0.562. The van der Waals surface area contributed by atoms with Crippen LogP contribution in [0.2, 0.25) is 0 Å². The van der Waals surface area contributed by atoms with Crippen molar-refractivity contribution in [1.29, 1.82) is 0 Å². The van der Waals surface area contributed by atoms with Gasteiger partial charge in [0.05, 0.1) is 0 Å². The summed E-state index contributed by atoms with van der Waals surface area (Å²) < 4.78 is 1.04. The molecule has 1 amide bonds. The van der Waals surface area contributed by atoms with Gasteiger partial charge in [0, 0.05) is 24.0 Å². The number of nitrogens with one attached hydrogen (secondary N) is 1. The van der Waals surface area contributed by atoms with Crippen molar-refractivity contribution in [3.8, 4) is 0 Å². The van der Waals surface area contributed by atoms with E-state index in [1.54, 1.807) is 0 Å². The molecule has 0 bridgehead atoms. The monoisotopic (exact) mass is 341 g/mol. The molecule has 0 aliphatic carbocycles. The minimum atomic E-state index is -0.0545. The SMILES string of the molecule is CC(C)(CO)CCCNC(=O)CCc1cccc(Br)c1. The summed E-state index contributed by atoms with van der Waals surface area (Å²) in [6.07, 6.45) is 3.08. The molecule has 0 saturated carbocycles. The van der Waals surface area contributed by atoms with Gasteiger partial charge in [0.25, 0.3) is 0 Å². The molecule has 2 N–H and O–H groups in total. The molecule has 0 atom stereocenters. The first-order valence-corrected chi connectivity index (χ1v) is 7.84. The highest BCUT2D eigenvalue weighted by atomic mass is 79.9. The fourth-order valence-electron chi connectivity index (χ4n) is 1.91. The Morgan fingerprint density at radius 2 is 2.15 bits per heavy atom. The number of aryl methyl sites for hydroxylation is 1. The van der Waals surface area contributed by atoms with E-state index in [-0.39, 0.29) is 17.9 Å². The molecule has 0 aliphatic rings. The molecule has 1 aromatic carbocycles. The van der Waals surface area contributed by atoms with E-state index in [0.717, 1.165) is 29.3 Å². The van der Waals surface area contributed by atoms with Gasteiger partial charge in [-0.3, -0.25) is 4.79 Å². The standard InChI is InChI=1S/C16H24BrNO2/c1-16(2,12-19)9-4-10-18-15(20)8-7-13-5-3-6-14(17)11-13/h3,5-6,11,19H,4,7-10,12H2,1-2H3,(H,18,20). The molecule has 0 heterocycles. The molecule has 0 unspecified atom stereocenters. The molecule has 1 rings (SSSR count). The summed E-state index contributed by atoms with van der Waals surface area (Å²) in [6, 6.07) is 8.03. The van der Waals surface area contributed by atoms with Gasteiger partial charge in [-0.05, 0) is 42.4 Å². The van der Waals surface area contributed by atoms with E-state index >= 15 is 0 Å². The molecule has 1 aromatic rings. The Kier molecular flexibility index (Phi) is 7.24. The third-order valence-electron chi connectivity index (χ3n) is 3.31. The van der Waals surface area contributed by atoms with E-state index in [1.807, 2.05) is 38.1 Å². The quantitative estimate of drug-likeness (QED) is 0.712. The fourth-order valence-corrected chi connectivity index (χ4v) is 2.36. The largest absolute Gasteiger partial charge is 0.396 e. The zero-order valence-electron chi connectivity index (χ0n) is 12.3. The van der Waals surface area contributed by atoms with Crippen molar-refractivity contribution in [3.63, 3.8) is 0 Å². The minimum absolute atomic E-state index is 0.0545. The van der Waals surface area contributed by atoms with Gasteiger partial charge in [0.15, 0.2) is 0 Å². The number of aliphatic hydroxyl groups is 1. The summed E-state index contributed by atoms with van der Waals surface area (Å²) in [6.45, 7) is 4.93. The van der Waals surface area contributed by atoms with Crippen LogP contribution < -0.4 is 5.32 Å². The Balaban J connectivity index is 2.18. The van der Waals surface area contributed by atoms with Gasteiger partial charge < -0.3 is 10.4 Å². The lowest BCUT2D eigenvalue weighted by Gasteiger charge is -2.21. The molecule has 0 aromatic heterocycles. The Morgan fingerprint density at radius 3 is 2.80 bits per heavy atom. The third kappa shape index (κ3) is 7.06. The molecule has 4 heteroatoms. The molecule has 0 saturated heterocycles. The van der Waals surface area contributed by atoms with Gasteiger partial charge in [-0.15, -0.1) is 0 Å². The lowest BCUT2D eigenvalue weighted by Crippen LogP contribution is -2.26. The predicted molar refractivity (Wildman–Crippen MR) is 85.6 cm³/mol. The summed E-state index contributed by atoms with van der Waals surface area (Å²) in [5.74, 6) is 0.0896. The lowest BCUT2D eigenvalue weighted by molar-refractivity contribution is -0.121. The summed E-state index contributed by atoms with van der Waals surface area (Å²) in [5.41, 5.74) is 1.11. The highest BCUT2D eigenvalue weighted by Crippen LogP contribution is 2.20. The van der Waals surface area contributed by atoms with Crippen molar-refractivity contribution in [2.24, 2.45) is 5.41 Å². The Hall–Kier alpha value is -0.870. The number of benzene rings is 1. The summed E-state index contributed by atoms with van der Waals surface area (Å²) in [7, 11) is 0. The van der Waals surface area contributed by atoms with Crippen LogP contribution in [0.1, 0.15) is 38.7 Å². The molecule has 0 radical (unpaired) electrons. The maximum atomic E-state index is 11.7. The summed E-state index contributed by atoms with van der Waals surface area (Å²) >= 11 is 3.42. The highest BCUT2D eigenvalue weighted by Gasteiger charge is 2.15. The second kappa shape index (κ2) is 8.42. The molecule has 0 spiro atoms. The topological polar surface area (TPSA) is 49.3 Å². The number of aliphatic hydroxyl groups excluding tert-OH is 1. The molecule has 20 heavy (non-hydrogen) atoms. The third-order valence-corrected chi connectivity index (χ3v) is 3.80. The number of rotatable bonds is 8. The molecular formula is C16H24BrNO2. The first-order chi connectivity index (χ1) is 9.43. The molecule has 3 nitrogen and oxygen atoms in total. The van der Waals surface area contributed by atoms with Crippen molar-refractivity contribution >= 4 is 21.8 Å². The van der Waals surface area contributed by atoms with Crippen LogP contribution in [0, 0.1) is 5.41 Å². The van der Waals surface area contributed by atoms with Crippen LogP contribution >= 0.6 is 15.9 Å². The van der Waals surface area contributed by atoms with Crippen molar-refractivity contribution in [2.45, 2.75) is 39.5 Å². The van der Waals surface area contributed by atoms with Gasteiger partial charge in [0.2, 0.25) is 5.91 Å². The van der Waals surface area contributed by atoms with E-state index in [2.05, 4.69) is 21.2 Å². The van der Waals surface area contributed by atoms with E-state index in [0.29, 0.717) is 13.0 Å². The van der Waals surface area contributed by atoms with Crippen LogP contribution in [-0.2, 0) is 11.2 Å². The summed E-state index contributed by atoms with van der Waals surface area (Å²) in [4.78, 5) is 11.7. The Morgan fingerprint density at radius 1 is 1.40 bits per heavy atom. The number of carbonyl (C=O) groups excluding carboxylic acids is 1. The van der Waals surface area contributed by atoms with Gasteiger partial charge in [-0.25, -0.2) is 0 Å². The number of hydrogen-bond donors (Lipinski definition) is 2. The molecule has 0 fully saturated rings. The van der Waals surface area contributed by atoms with Crippen molar-refractivity contribution in [2.75, 3.05) is 13.2 Å². The van der Waals surface area contributed by atoms with Crippen LogP contribution in [0.25, 0.3) is 0 Å².